The van der Waals surface area contributed by atoms with Crippen LogP contribution in [0, 0.1) is 12.7 Å². The van der Waals surface area contributed by atoms with Gasteiger partial charge in [0.2, 0.25) is 0 Å². The van der Waals surface area contributed by atoms with E-state index in [1.54, 1.807) is 0 Å². The summed E-state index contributed by atoms with van der Waals surface area (Å²) in [4.78, 5) is 0. The normalized spacial score (nSPS) is 13.2. The first kappa shape index (κ1) is 11.1. The van der Waals surface area contributed by atoms with Crippen LogP contribution < -0.4 is 5.32 Å². The maximum Gasteiger partial charge on any atom is 0.137 e. The van der Waals surface area contributed by atoms with Crippen molar-refractivity contribution in [3.8, 4) is 0 Å². The zero-order valence-electron chi connectivity index (χ0n) is 9.80. The van der Waals surface area contributed by atoms with E-state index in [-0.39, 0.29) is 11.9 Å². The summed E-state index contributed by atoms with van der Waals surface area (Å²) >= 11 is 0. The third kappa shape index (κ3) is 1.83. The summed E-state index contributed by atoms with van der Waals surface area (Å²) < 4.78 is 19.0. The second kappa shape index (κ2) is 4.26. The minimum atomic E-state index is -0.213. The molecule has 1 unspecified atom stereocenters. The molecule has 0 aliphatic rings. The van der Waals surface area contributed by atoms with Crippen molar-refractivity contribution >= 4 is 11.0 Å². The molecule has 0 radical (unpaired) electrons. The highest BCUT2D eigenvalue weighted by molar-refractivity contribution is 5.81. The third-order valence-electron chi connectivity index (χ3n) is 2.89. The molecular formula is C13H16FNO. The Labute approximate surface area is 94.4 Å². The average molecular weight is 221 g/mol. The van der Waals surface area contributed by atoms with Crippen LogP contribution in [0.4, 0.5) is 4.39 Å². The highest BCUT2D eigenvalue weighted by Gasteiger charge is 2.14. The van der Waals surface area contributed by atoms with Crippen LogP contribution in [-0.4, -0.2) is 7.05 Å². The van der Waals surface area contributed by atoms with Crippen LogP contribution in [0.1, 0.15) is 30.7 Å². The Hall–Kier alpha value is -1.35. The van der Waals surface area contributed by atoms with Gasteiger partial charge in [-0.3, -0.25) is 0 Å². The lowest BCUT2D eigenvalue weighted by molar-refractivity contribution is 0.443. The van der Waals surface area contributed by atoms with E-state index in [4.69, 9.17) is 4.42 Å². The Morgan fingerprint density at radius 1 is 1.38 bits per heavy atom. The number of aryl methyl sites for hydroxylation is 1. The number of furan rings is 1. The van der Waals surface area contributed by atoms with Crippen molar-refractivity contribution in [1.29, 1.82) is 0 Å². The molecule has 0 saturated heterocycles. The number of nitrogens with one attached hydrogen (secondary N) is 1. The second-order valence-electron chi connectivity index (χ2n) is 4.04. The van der Waals surface area contributed by atoms with Crippen molar-refractivity contribution in [3.63, 3.8) is 0 Å². The van der Waals surface area contributed by atoms with Crippen molar-refractivity contribution < 1.29 is 8.81 Å². The molecule has 3 heteroatoms. The SMILES string of the molecule is CCC(NC)c1cc2cc(F)cc(C)c2o1. The molecule has 16 heavy (non-hydrogen) atoms. The van der Waals surface area contributed by atoms with Crippen LogP contribution in [0.5, 0.6) is 0 Å². The molecule has 86 valence electrons. The quantitative estimate of drug-likeness (QED) is 0.857. The zero-order chi connectivity index (χ0) is 11.7. The number of hydrogen-bond donors (Lipinski definition) is 1. The highest BCUT2D eigenvalue weighted by atomic mass is 19.1. The average Bonchev–Trinajstić information content (AvgIpc) is 2.63. The van der Waals surface area contributed by atoms with E-state index in [0.29, 0.717) is 0 Å². The molecule has 1 aromatic heterocycles. The summed E-state index contributed by atoms with van der Waals surface area (Å²) in [6.07, 6.45) is 0.942. The molecule has 1 heterocycles. The van der Waals surface area contributed by atoms with Crippen LogP contribution >= 0.6 is 0 Å². The van der Waals surface area contributed by atoms with E-state index in [1.807, 2.05) is 20.0 Å². The van der Waals surface area contributed by atoms with Gasteiger partial charge < -0.3 is 9.73 Å². The van der Waals surface area contributed by atoms with E-state index >= 15 is 0 Å². The van der Waals surface area contributed by atoms with E-state index in [2.05, 4.69) is 12.2 Å². The number of halogens is 1. The Kier molecular flexibility index (Phi) is 2.97. The van der Waals surface area contributed by atoms with Crippen LogP contribution in [0.25, 0.3) is 11.0 Å². The van der Waals surface area contributed by atoms with Crippen molar-refractivity contribution in [2.24, 2.45) is 0 Å². The van der Waals surface area contributed by atoms with Gasteiger partial charge in [0.1, 0.15) is 17.2 Å². The first-order valence-electron chi connectivity index (χ1n) is 5.52. The molecule has 0 aliphatic heterocycles. The Bertz CT molecular complexity index is 500. The van der Waals surface area contributed by atoms with Gasteiger partial charge >= 0.3 is 0 Å². The molecule has 0 bridgehead atoms. The van der Waals surface area contributed by atoms with Gasteiger partial charge in [0.05, 0.1) is 6.04 Å². The lowest BCUT2D eigenvalue weighted by Crippen LogP contribution is -2.14. The predicted molar refractivity (Wildman–Crippen MR) is 63.0 cm³/mol. The van der Waals surface area contributed by atoms with Gasteiger partial charge in [0.15, 0.2) is 0 Å². The summed E-state index contributed by atoms with van der Waals surface area (Å²) in [6.45, 7) is 3.95. The smallest absolute Gasteiger partial charge is 0.137 e. The summed E-state index contributed by atoms with van der Waals surface area (Å²) in [7, 11) is 1.90. The monoisotopic (exact) mass is 221 g/mol. The van der Waals surface area contributed by atoms with Crippen LogP contribution in [0.2, 0.25) is 0 Å². The van der Waals surface area contributed by atoms with Gasteiger partial charge in [-0.05, 0) is 44.2 Å². The van der Waals surface area contributed by atoms with E-state index in [9.17, 15) is 4.39 Å². The Morgan fingerprint density at radius 3 is 2.75 bits per heavy atom. The molecule has 0 fully saturated rings. The van der Waals surface area contributed by atoms with Gasteiger partial charge in [0, 0.05) is 5.39 Å². The van der Waals surface area contributed by atoms with Crippen molar-refractivity contribution in [2.45, 2.75) is 26.3 Å². The van der Waals surface area contributed by atoms with E-state index < -0.39 is 0 Å². The fraction of sp³-hybridized carbons (Fsp3) is 0.385. The molecule has 0 aliphatic carbocycles. The number of rotatable bonds is 3. The van der Waals surface area contributed by atoms with Crippen LogP contribution in [-0.2, 0) is 0 Å². The molecule has 2 rings (SSSR count). The van der Waals surface area contributed by atoms with Gasteiger partial charge in [-0.15, -0.1) is 0 Å². The van der Waals surface area contributed by atoms with Gasteiger partial charge in [0.25, 0.3) is 0 Å². The van der Waals surface area contributed by atoms with E-state index in [0.717, 1.165) is 28.7 Å². The number of hydrogen-bond acceptors (Lipinski definition) is 2. The van der Waals surface area contributed by atoms with Crippen LogP contribution in [0.3, 0.4) is 0 Å². The topological polar surface area (TPSA) is 25.2 Å². The minimum Gasteiger partial charge on any atom is -0.459 e. The van der Waals surface area contributed by atoms with Gasteiger partial charge in [-0.1, -0.05) is 6.92 Å². The Balaban J connectivity index is 2.55. The largest absolute Gasteiger partial charge is 0.459 e. The van der Waals surface area contributed by atoms with Crippen LogP contribution in [0.15, 0.2) is 22.6 Å². The third-order valence-corrected chi connectivity index (χ3v) is 2.89. The zero-order valence-corrected chi connectivity index (χ0v) is 9.80. The first-order valence-corrected chi connectivity index (χ1v) is 5.52. The fourth-order valence-electron chi connectivity index (χ4n) is 2.02. The number of fused-ring (bicyclic) bond motifs is 1. The number of benzene rings is 1. The molecule has 2 aromatic rings. The predicted octanol–water partition coefficient (Wildman–Crippen LogP) is 3.55. The summed E-state index contributed by atoms with van der Waals surface area (Å²) in [5, 5.41) is 4.01. The standard InChI is InChI=1S/C13H16FNO/c1-4-11(15-3)12-7-9-6-10(14)5-8(2)13(9)16-12/h5-7,11,15H,4H2,1-3H3. The minimum absolute atomic E-state index is 0.190. The summed E-state index contributed by atoms with van der Waals surface area (Å²) in [5.74, 6) is 0.656. The van der Waals surface area contributed by atoms with Crippen molar-refractivity contribution in [3.05, 3.63) is 35.3 Å². The summed E-state index contributed by atoms with van der Waals surface area (Å²) in [6, 6.07) is 5.11. The van der Waals surface area contributed by atoms with E-state index in [1.165, 1.54) is 12.1 Å². The lowest BCUT2D eigenvalue weighted by atomic mass is 10.1. The summed E-state index contributed by atoms with van der Waals surface area (Å²) in [5.41, 5.74) is 1.62. The molecular weight excluding hydrogens is 205 g/mol. The Morgan fingerprint density at radius 2 is 2.12 bits per heavy atom. The van der Waals surface area contributed by atoms with Crippen molar-refractivity contribution in [1.82, 2.24) is 5.32 Å². The first-order chi connectivity index (χ1) is 7.65. The second-order valence-corrected chi connectivity index (χ2v) is 4.04. The van der Waals surface area contributed by atoms with Gasteiger partial charge in [-0.25, -0.2) is 4.39 Å². The maximum absolute atomic E-state index is 13.2. The fourth-order valence-corrected chi connectivity index (χ4v) is 2.02. The molecule has 0 amide bonds. The maximum atomic E-state index is 13.2. The lowest BCUT2D eigenvalue weighted by Gasteiger charge is -2.09. The molecule has 1 aromatic carbocycles. The molecule has 0 saturated carbocycles. The van der Waals surface area contributed by atoms with Gasteiger partial charge in [-0.2, -0.15) is 0 Å². The molecule has 0 spiro atoms. The highest BCUT2D eigenvalue weighted by Crippen LogP contribution is 2.28. The molecule has 2 nitrogen and oxygen atoms in total. The van der Waals surface area contributed by atoms with Crippen molar-refractivity contribution in [2.75, 3.05) is 7.05 Å². The molecule has 1 N–H and O–H groups in total. The molecule has 1 atom stereocenters.